The van der Waals surface area contributed by atoms with E-state index in [-0.39, 0.29) is 5.70 Å². The van der Waals surface area contributed by atoms with Gasteiger partial charge in [-0.2, -0.15) is 0 Å². The quantitative estimate of drug-likeness (QED) is 0.440. The predicted molar refractivity (Wildman–Crippen MR) is 34.5 cm³/mol. The highest BCUT2D eigenvalue weighted by Crippen LogP contribution is 1.85. The zero-order chi connectivity index (χ0) is 7.28. The molecule has 3 heteroatoms. The van der Waals surface area contributed by atoms with Crippen LogP contribution in [0.3, 0.4) is 0 Å². The summed E-state index contributed by atoms with van der Waals surface area (Å²) in [4.78, 5) is 10.5. The Morgan fingerprint density at radius 1 is 1.78 bits per heavy atom. The van der Waals surface area contributed by atoms with Crippen molar-refractivity contribution in [3.05, 3.63) is 25.1 Å². The van der Waals surface area contributed by atoms with E-state index in [2.05, 4.69) is 23.2 Å². The van der Waals surface area contributed by atoms with Crippen LogP contribution in [0.25, 0.3) is 0 Å². The van der Waals surface area contributed by atoms with Gasteiger partial charge in [-0.15, -0.1) is 0 Å². The molecule has 0 saturated heterocycles. The van der Waals surface area contributed by atoms with E-state index in [0.29, 0.717) is 0 Å². The van der Waals surface area contributed by atoms with Crippen molar-refractivity contribution in [3.8, 4) is 0 Å². The summed E-state index contributed by atoms with van der Waals surface area (Å²) in [6, 6.07) is 0. The summed E-state index contributed by atoms with van der Waals surface area (Å²) in [5.74, 6) is -0.477. The smallest absolute Gasteiger partial charge is 0.353 e. The zero-order valence-electron chi connectivity index (χ0n) is 5.31. The van der Waals surface area contributed by atoms with Crippen LogP contribution >= 0.6 is 0 Å². The molecule has 0 radical (unpaired) electrons. The van der Waals surface area contributed by atoms with Gasteiger partial charge in [0.25, 0.3) is 0 Å². The maximum absolute atomic E-state index is 10.5. The van der Waals surface area contributed by atoms with Crippen molar-refractivity contribution < 1.29 is 9.53 Å². The molecule has 0 aromatic carbocycles. The van der Waals surface area contributed by atoms with Gasteiger partial charge in [0.05, 0.1) is 7.11 Å². The minimum absolute atomic E-state index is 0.188. The molecular formula is C6H9NO2. The summed E-state index contributed by atoms with van der Waals surface area (Å²) in [6.45, 7) is 6.70. The van der Waals surface area contributed by atoms with Crippen LogP contribution in [-0.2, 0) is 9.53 Å². The monoisotopic (exact) mass is 127 g/mol. The number of carbonyl (C=O) groups is 1. The van der Waals surface area contributed by atoms with Gasteiger partial charge in [-0.05, 0) is 6.20 Å². The van der Waals surface area contributed by atoms with Crippen molar-refractivity contribution in [2.45, 2.75) is 0 Å². The number of hydrogen-bond donors (Lipinski definition) is 1. The fourth-order valence-corrected chi connectivity index (χ4v) is 0.305. The van der Waals surface area contributed by atoms with Crippen LogP contribution in [0.5, 0.6) is 0 Å². The van der Waals surface area contributed by atoms with Gasteiger partial charge < -0.3 is 10.1 Å². The van der Waals surface area contributed by atoms with Crippen molar-refractivity contribution in [1.82, 2.24) is 5.32 Å². The van der Waals surface area contributed by atoms with Gasteiger partial charge in [0.1, 0.15) is 5.70 Å². The topological polar surface area (TPSA) is 38.3 Å². The highest BCUT2D eigenvalue weighted by molar-refractivity contribution is 5.87. The van der Waals surface area contributed by atoms with Crippen molar-refractivity contribution in [2.24, 2.45) is 0 Å². The first kappa shape index (κ1) is 7.75. The predicted octanol–water partition coefficient (Wildman–Crippen LogP) is 0.406. The van der Waals surface area contributed by atoms with Crippen LogP contribution in [0.1, 0.15) is 0 Å². The minimum Gasteiger partial charge on any atom is -0.464 e. The highest BCUT2D eigenvalue weighted by atomic mass is 16.5. The van der Waals surface area contributed by atoms with E-state index in [4.69, 9.17) is 0 Å². The fourth-order valence-electron chi connectivity index (χ4n) is 0.305. The molecule has 9 heavy (non-hydrogen) atoms. The lowest BCUT2D eigenvalue weighted by atomic mass is 10.5. The van der Waals surface area contributed by atoms with Gasteiger partial charge in [-0.1, -0.05) is 13.2 Å². The van der Waals surface area contributed by atoms with Gasteiger partial charge in [-0.25, -0.2) is 4.79 Å². The Balaban J connectivity index is 3.73. The maximum atomic E-state index is 10.5. The molecule has 0 saturated carbocycles. The SMILES string of the molecule is C=CNC(=C)C(=O)OC. The van der Waals surface area contributed by atoms with Crippen molar-refractivity contribution >= 4 is 5.97 Å². The van der Waals surface area contributed by atoms with Crippen molar-refractivity contribution in [1.29, 1.82) is 0 Å². The summed E-state index contributed by atoms with van der Waals surface area (Å²) in [6.07, 6.45) is 1.36. The van der Waals surface area contributed by atoms with Gasteiger partial charge in [0, 0.05) is 0 Å². The number of rotatable bonds is 3. The van der Waals surface area contributed by atoms with Gasteiger partial charge >= 0.3 is 5.97 Å². The molecule has 0 rings (SSSR count). The minimum atomic E-state index is -0.477. The van der Waals surface area contributed by atoms with E-state index >= 15 is 0 Å². The largest absolute Gasteiger partial charge is 0.464 e. The van der Waals surface area contributed by atoms with Crippen LogP contribution in [0.2, 0.25) is 0 Å². The summed E-state index contributed by atoms with van der Waals surface area (Å²) in [7, 11) is 1.29. The zero-order valence-corrected chi connectivity index (χ0v) is 5.31. The molecule has 0 aliphatic carbocycles. The molecule has 0 heterocycles. The van der Waals surface area contributed by atoms with Crippen LogP contribution in [0, 0.1) is 0 Å². The van der Waals surface area contributed by atoms with Crippen LogP contribution < -0.4 is 5.32 Å². The molecule has 3 nitrogen and oxygen atoms in total. The number of methoxy groups -OCH3 is 1. The van der Waals surface area contributed by atoms with Gasteiger partial charge in [0.2, 0.25) is 0 Å². The number of carbonyl (C=O) groups excluding carboxylic acids is 1. The molecular weight excluding hydrogens is 118 g/mol. The molecule has 1 N–H and O–H groups in total. The lowest BCUT2D eigenvalue weighted by Gasteiger charge is -1.99. The second kappa shape index (κ2) is 3.72. The standard InChI is InChI=1S/C6H9NO2/c1-4-7-5(2)6(8)9-3/h4,7H,1-2H2,3H3. The van der Waals surface area contributed by atoms with E-state index in [0.717, 1.165) is 0 Å². The average molecular weight is 127 g/mol. The second-order valence-electron chi connectivity index (χ2n) is 1.32. The lowest BCUT2D eigenvalue weighted by Crippen LogP contribution is -2.14. The fraction of sp³-hybridized carbons (Fsp3) is 0.167. The van der Waals surface area contributed by atoms with E-state index in [1.54, 1.807) is 0 Å². The number of esters is 1. The maximum Gasteiger partial charge on any atom is 0.353 e. The Morgan fingerprint density at radius 2 is 2.33 bits per heavy atom. The van der Waals surface area contributed by atoms with Gasteiger partial charge in [-0.3, -0.25) is 0 Å². The van der Waals surface area contributed by atoms with Crippen LogP contribution in [0.15, 0.2) is 25.1 Å². The van der Waals surface area contributed by atoms with E-state index < -0.39 is 5.97 Å². The number of ether oxygens (including phenoxy) is 1. The Hall–Kier alpha value is -1.25. The molecule has 0 aromatic heterocycles. The van der Waals surface area contributed by atoms with E-state index in [1.807, 2.05) is 0 Å². The van der Waals surface area contributed by atoms with E-state index in [9.17, 15) is 4.79 Å². The summed E-state index contributed by atoms with van der Waals surface area (Å²) < 4.78 is 4.32. The molecule has 0 atom stereocenters. The number of hydrogen-bond acceptors (Lipinski definition) is 3. The third-order valence-electron chi connectivity index (χ3n) is 0.708. The summed E-state index contributed by atoms with van der Waals surface area (Å²) >= 11 is 0. The van der Waals surface area contributed by atoms with Crippen LogP contribution in [0.4, 0.5) is 0 Å². The third kappa shape index (κ3) is 2.54. The second-order valence-corrected chi connectivity index (χ2v) is 1.32. The Morgan fingerprint density at radius 3 is 2.67 bits per heavy atom. The molecule has 0 bridgehead atoms. The first-order valence-electron chi connectivity index (χ1n) is 2.37. The van der Waals surface area contributed by atoms with E-state index in [1.165, 1.54) is 13.3 Å². The Bertz CT molecular complexity index is 140. The Labute approximate surface area is 54.0 Å². The van der Waals surface area contributed by atoms with Crippen molar-refractivity contribution in [3.63, 3.8) is 0 Å². The average Bonchev–Trinajstić information content (AvgIpc) is 1.87. The molecule has 0 aliphatic rings. The number of nitrogens with one attached hydrogen (secondary N) is 1. The van der Waals surface area contributed by atoms with Gasteiger partial charge in [0.15, 0.2) is 0 Å². The molecule has 50 valence electrons. The first-order valence-corrected chi connectivity index (χ1v) is 2.37. The highest BCUT2D eigenvalue weighted by Gasteiger charge is 2.01. The normalized spacial score (nSPS) is 7.67. The molecule has 0 amide bonds. The van der Waals surface area contributed by atoms with Crippen LogP contribution in [-0.4, -0.2) is 13.1 Å². The molecule has 0 spiro atoms. The Kier molecular flexibility index (Phi) is 3.20. The summed E-state index contributed by atoms with van der Waals surface area (Å²) in [5.41, 5.74) is 0.188. The molecule has 0 aliphatic heterocycles. The molecule has 0 fully saturated rings. The third-order valence-corrected chi connectivity index (χ3v) is 0.708. The summed E-state index contributed by atoms with van der Waals surface area (Å²) in [5, 5.41) is 2.49. The van der Waals surface area contributed by atoms with Crippen molar-refractivity contribution in [2.75, 3.05) is 7.11 Å². The molecule has 0 unspecified atom stereocenters. The molecule has 0 aromatic rings. The first-order chi connectivity index (χ1) is 4.22. The lowest BCUT2D eigenvalue weighted by molar-refractivity contribution is -0.136.